The van der Waals surface area contributed by atoms with E-state index >= 15 is 0 Å². The summed E-state index contributed by atoms with van der Waals surface area (Å²) in [6.07, 6.45) is 0.0321. The highest BCUT2D eigenvalue weighted by Crippen LogP contribution is 2.51. The Morgan fingerprint density at radius 3 is 2.55 bits per heavy atom. The molecule has 1 aromatic heterocycles. The molecule has 11 nitrogen and oxygen atoms in total. The molecule has 2 aromatic rings. The Morgan fingerprint density at radius 2 is 1.91 bits per heavy atom. The highest BCUT2D eigenvalue weighted by molar-refractivity contribution is 6.32. The van der Waals surface area contributed by atoms with Crippen molar-refractivity contribution < 1.29 is 33.5 Å². The molecule has 0 aliphatic heterocycles. The lowest BCUT2D eigenvalue weighted by molar-refractivity contribution is -0.175. The minimum Gasteiger partial charge on any atom is -0.423 e. The first kappa shape index (κ1) is 21.3. The molecule has 3 aliphatic rings. The van der Waals surface area contributed by atoms with Crippen molar-refractivity contribution >= 4 is 51.8 Å². The van der Waals surface area contributed by atoms with Crippen LogP contribution >= 0.6 is 0 Å². The Bertz CT molecular complexity index is 1300. The van der Waals surface area contributed by atoms with Gasteiger partial charge in [-0.15, -0.1) is 0 Å². The zero-order valence-corrected chi connectivity index (χ0v) is 18.0. The van der Waals surface area contributed by atoms with Crippen LogP contribution in [0.3, 0.4) is 0 Å². The van der Waals surface area contributed by atoms with E-state index in [-0.39, 0.29) is 36.4 Å². The van der Waals surface area contributed by atoms with Crippen LogP contribution in [0.4, 0.5) is 11.7 Å². The van der Waals surface area contributed by atoms with Gasteiger partial charge in [0.05, 0.1) is 11.5 Å². The Hall–Kier alpha value is -3.60. The molecule has 1 heterocycles. The third-order valence-corrected chi connectivity index (χ3v) is 7.26. The van der Waals surface area contributed by atoms with Gasteiger partial charge in [-0.05, 0) is 30.4 Å². The second kappa shape index (κ2) is 6.70. The summed E-state index contributed by atoms with van der Waals surface area (Å²) in [7, 11) is 3.60. The number of carbonyl (C=O) groups is 5. The second-order valence-corrected chi connectivity index (χ2v) is 9.28. The van der Waals surface area contributed by atoms with Gasteiger partial charge in [0.2, 0.25) is 5.91 Å². The molecular weight excluding hydrogens is 432 g/mol. The molecule has 172 valence electrons. The summed E-state index contributed by atoms with van der Waals surface area (Å²) in [6, 6.07) is 1.60. The first-order valence-electron chi connectivity index (χ1n) is 10.5. The van der Waals surface area contributed by atoms with Gasteiger partial charge in [-0.3, -0.25) is 24.0 Å². The zero-order chi connectivity index (χ0) is 24.0. The SMILES string of the molecule is CN(C)c1cc2nc(N)oc2c2c1C[C@H]1C[C@H]3CC(=O)C(C(N)=O)C(=O)[C@@]3(O)C(=O)C1C2=O. The number of carbonyl (C=O) groups excluding carboxylic acids is 5. The predicted molar refractivity (Wildman–Crippen MR) is 113 cm³/mol. The molecule has 5 N–H and O–H groups in total. The van der Waals surface area contributed by atoms with Crippen LogP contribution in [0.15, 0.2) is 10.5 Å². The fourth-order valence-corrected chi connectivity index (χ4v) is 5.82. The fraction of sp³-hybridized carbons (Fsp3) is 0.455. The summed E-state index contributed by atoms with van der Waals surface area (Å²) < 4.78 is 5.48. The van der Waals surface area contributed by atoms with Crippen LogP contribution in [0, 0.1) is 23.7 Å². The first-order chi connectivity index (χ1) is 15.5. The molecule has 3 aliphatic carbocycles. The van der Waals surface area contributed by atoms with Crippen molar-refractivity contribution in [3.05, 3.63) is 17.2 Å². The number of hydrogen-bond donors (Lipinski definition) is 3. The summed E-state index contributed by atoms with van der Waals surface area (Å²) in [5.41, 5.74) is 10.3. The van der Waals surface area contributed by atoms with Crippen LogP contribution in [0.25, 0.3) is 11.1 Å². The number of rotatable bonds is 2. The number of hydrogen-bond acceptors (Lipinski definition) is 10. The number of nitrogen functional groups attached to an aromatic ring is 1. The standard InChI is InChI=1S/C22H22N4O7/c1-26(2)11-6-10-17(33-21(24)25-10)14-9(11)4-7-3-8-5-12(27)15(20(23)31)19(30)22(8,32)18(29)13(7)16(14)28/h6-8,13,15,32H,3-5H2,1-2H3,(H2,23,31)(H2,24,25)/t7-,8+,13?,15?,22+/m1/s1. The maximum absolute atomic E-state index is 13.7. The van der Waals surface area contributed by atoms with Gasteiger partial charge in [0, 0.05) is 32.1 Å². The average Bonchev–Trinajstić information content (AvgIpc) is 3.09. The summed E-state index contributed by atoms with van der Waals surface area (Å²) in [4.78, 5) is 70.3. The number of oxazole rings is 1. The average molecular weight is 454 g/mol. The van der Waals surface area contributed by atoms with Crippen molar-refractivity contribution in [3.8, 4) is 0 Å². The van der Waals surface area contributed by atoms with Crippen molar-refractivity contribution in [3.63, 3.8) is 0 Å². The number of nitrogens with two attached hydrogens (primary N) is 2. The lowest BCUT2D eigenvalue weighted by Gasteiger charge is -2.48. The van der Waals surface area contributed by atoms with Gasteiger partial charge in [0.25, 0.3) is 6.01 Å². The van der Waals surface area contributed by atoms with Gasteiger partial charge in [-0.2, -0.15) is 4.98 Å². The number of ketones is 4. The summed E-state index contributed by atoms with van der Waals surface area (Å²) in [6.45, 7) is 0. The summed E-state index contributed by atoms with van der Waals surface area (Å²) in [5, 5.41) is 11.3. The van der Waals surface area contributed by atoms with Gasteiger partial charge in [-0.25, -0.2) is 0 Å². The number of anilines is 2. The Kier molecular flexibility index (Phi) is 4.32. The molecule has 5 rings (SSSR count). The summed E-state index contributed by atoms with van der Waals surface area (Å²) in [5.74, 6) is -9.59. The maximum Gasteiger partial charge on any atom is 0.293 e. The van der Waals surface area contributed by atoms with Crippen LogP contribution in [0.2, 0.25) is 0 Å². The van der Waals surface area contributed by atoms with Gasteiger partial charge in [-0.1, -0.05) is 0 Å². The van der Waals surface area contributed by atoms with E-state index in [1.54, 1.807) is 20.2 Å². The van der Waals surface area contributed by atoms with E-state index in [0.717, 1.165) is 0 Å². The third-order valence-electron chi connectivity index (χ3n) is 7.26. The van der Waals surface area contributed by atoms with Gasteiger partial charge in [0.1, 0.15) is 5.52 Å². The number of primary amides is 1. The number of benzene rings is 1. The van der Waals surface area contributed by atoms with Crippen LogP contribution in [0.1, 0.15) is 28.8 Å². The van der Waals surface area contributed by atoms with E-state index in [2.05, 4.69) is 4.98 Å². The minimum absolute atomic E-state index is 0.0878. The minimum atomic E-state index is -2.62. The van der Waals surface area contributed by atoms with Crippen LogP contribution in [-0.2, 0) is 25.6 Å². The highest BCUT2D eigenvalue weighted by Gasteiger charge is 2.66. The second-order valence-electron chi connectivity index (χ2n) is 9.28. The molecule has 33 heavy (non-hydrogen) atoms. The van der Waals surface area contributed by atoms with E-state index in [4.69, 9.17) is 15.9 Å². The largest absolute Gasteiger partial charge is 0.423 e. The van der Waals surface area contributed by atoms with Crippen molar-refractivity contribution in [2.24, 2.45) is 29.4 Å². The van der Waals surface area contributed by atoms with Gasteiger partial charge in [0.15, 0.2) is 40.2 Å². The molecule has 1 aromatic carbocycles. The molecule has 11 heteroatoms. The van der Waals surface area contributed by atoms with Crippen molar-refractivity contribution in [1.29, 1.82) is 0 Å². The quantitative estimate of drug-likeness (QED) is 0.495. The van der Waals surface area contributed by atoms with Crippen molar-refractivity contribution in [1.82, 2.24) is 4.98 Å². The van der Waals surface area contributed by atoms with Gasteiger partial charge < -0.3 is 25.9 Å². The molecule has 0 saturated heterocycles. The van der Waals surface area contributed by atoms with E-state index in [1.165, 1.54) is 0 Å². The third kappa shape index (κ3) is 2.65. The highest BCUT2D eigenvalue weighted by atomic mass is 16.4. The topological polar surface area (TPSA) is 187 Å². The van der Waals surface area contributed by atoms with E-state index in [9.17, 15) is 29.1 Å². The maximum atomic E-state index is 13.7. The van der Waals surface area contributed by atoms with E-state index in [0.29, 0.717) is 16.8 Å². The molecule has 0 bridgehead atoms. The van der Waals surface area contributed by atoms with Crippen LogP contribution in [0.5, 0.6) is 0 Å². The Labute approximate surface area is 187 Å². The number of aromatic nitrogens is 1. The number of fused-ring (bicyclic) bond motifs is 5. The number of nitrogens with zero attached hydrogens (tertiary/aromatic N) is 2. The van der Waals surface area contributed by atoms with E-state index < -0.39 is 58.3 Å². The molecule has 1 amide bonds. The lowest BCUT2D eigenvalue weighted by atomic mass is 9.54. The fourth-order valence-electron chi connectivity index (χ4n) is 5.82. The molecule has 2 saturated carbocycles. The summed E-state index contributed by atoms with van der Waals surface area (Å²) >= 11 is 0. The van der Waals surface area contributed by atoms with Crippen molar-refractivity contribution in [2.75, 3.05) is 24.7 Å². The van der Waals surface area contributed by atoms with Crippen molar-refractivity contribution in [2.45, 2.75) is 24.9 Å². The molecule has 0 radical (unpaired) electrons. The van der Waals surface area contributed by atoms with Crippen LogP contribution in [-0.4, -0.2) is 58.8 Å². The predicted octanol–water partition coefficient (Wildman–Crippen LogP) is -0.589. The number of Topliss-reactive ketones (excluding diaryl/α,β-unsaturated/α-hetero) is 4. The monoisotopic (exact) mass is 454 g/mol. The molecular formula is C22H22N4O7. The van der Waals surface area contributed by atoms with Gasteiger partial charge >= 0.3 is 0 Å². The number of amides is 1. The zero-order valence-electron chi connectivity index (χ0n) is 18.0. The smallest absolute Gasteiger partial charge is 0.293 e. The van der Waals surface area contributed by atoms with Crippen LogP contribution < -0.4 is 16.4 Å². The van der Waals surface area contributed by atoms with E-state index in [1.807, 2.05) is 4.90 Å². The Morgan fingerprint density at radius 1 is 1.21 bits per heavy atom. The molecule has 5 atom stereocenters. The molecule has 0 spiro atoms. The number of aliphatic hydroxyl groups is 1. The Balaban J connectivity index is 1.67. The molecule has 2 unspecified atom stereocenters. The molecule has 2 fully saturated rings. The normalized spacial score (nSPS) is 31.2. The first-order valence-corrected chi connectivity index (χ1v) is 10.5. The lowest BCUT2D eigenvalue weighted by Crippen LogP contribution is -2.68.